The molecule has 0 aliphatic rings. The van der Waals surface area contributed by atoms with E-state index in [0.717, 1.165) is 0 Å². The van der Waals surface area contributed by atoms with Crippen molar-refractivity contribution in [3.63, 3.8) is 0 Å². The fourth-order valence-electron chi connectivity index (χ4n) is 0. The Hall–Kier alpha value is 0.747. The van der Waals surface area contributed by atoms with Crippen molar-refractivity contribution < 1.29 is 34.5 Å². The van der Waals surface area contributed by atoms with Gasteiger partial charge in [0.05, 0.1) is 0 Å². The summed E-state index contributed by atoms with van der Waals surface area (Å²) in [5, 5.41) is 0. The Morgan fingerprint density at radius 3 is 0.462 bits per heavy atom. The summed E-state index contributed by atoms with van der Waals surface area (Å²) in [4.78, 5) is 0. The first-order chi connectivity index (χ1) is 4.00. The maximum atomic E-state index is 9.75. The fourth-order valence-corrected chi connectivity index (χ4v) is 0. The predicted octanol–water partition coefficient (Wildman–Crippen LogP) is 2.80. The second-order valence-electron chi connectivity index (χ2n) is 0.990. The summed E-state index contributed by atoms with van der Waals surface area (Å²) in [6.07, 6.45) is 0. The van der Waals surface area contributed by atoms with Gasteiger partial charge >= 0.3 is 33.4 Å². The molecular weight excluding hydrogens is 251 g/mol. The van der Waals surface area contributed by atoms with E-state index in [4.69, 9.17) is 0 Å². The molecule has 13 heavy (non-hydrogen) atoms. The van der Waals surface area contributed by atoms with Crippen molar-refractivity contribution in [2.45, 2.75) is 0 Å². The van der Waals surface area contributed by atoms with E-state index in [1.54, 1.807) is 0 Å². The van der Waals surface area contributed by atoms with Crippen molar-refractivity contribution in [1.29, 1.82) is 0 Å². The average Bonchev–Trinajstić information content (AvgIpc) is 1.12. The van der Waals surface area contributed by atoms with Crippen LogP contribution in [0.1, 0.15) is 0 Å². The minimum absolute atomic E-state index is 0. The molecular formula is H3B2Cl2F8Li-2. The van der Waals surface area contributed by atoms with Crippen molar-refractivity contribution in [1.82, 2.24) is 0 Å². The normalized spacial score (nSPS) is 9.23. The molecule has 0 unspecified atom stereocenters. The molecule has 0 spiro atoms. The molecule has 0 atom stereocenters. The predicted molar refractivity (Wildman–Crippen MR) is 42.0 cm³/mol. The first-order valence-corrected chi connectivity index (χ1v) is 1.75. The molecule has 0 aromatic rings. The summed E-state index contributed by atoms with van der Waals surface area (Å²) in [6, 6.07) is 0. The van der Waals surface area contributed by atoms with Crippen LogP contribution < -0.4 is 0 Å². The van der Waals surface area contributed by atoms with Gasteiger partial charge < -0.3 is 34.5 Å². The van der Waals surface area contributed by atoms with E-state index in [9.17, 15) is 34.5 Å². The molecule has 0 aliphatic carbocycles. The van der Waals surface area contributed by atoms with Crippen molar-refractivity contribution in [3.8, 4) is 0 Å². The Morgan fingerprint density at radius 1 is 0.462 bits per heavy atom. The van der Waals surface area contributed by atoms with Crippen LogP contribution in [-0.4, -0.2) is 33.4 Å². The number of halogens is 10. The summed E-state index contributed by atoms with van der Waals surface area (Å²) in [6.45, 7) is 0. The maximum absolute atomic E-state index is 9.75. The standard InChI is InChI=1S/2BF4.2ClH.Li.H/c2*2-1(3,4)5;;;;/h;;2*1H;;/q2*-1;;;;. The summed E-state index contributed by atoms with van der Waals surface area (Å²) in [5.41, 5.74) is 0. The van der Waals surface area contributed by atoms with Crippen LogP contribution in [0.4, 0.5) is 34.5 Å². The number of rotatable bonds is 0. The van der Waals surface area contributed by atoms with Gasteiger partial charge in [0, 0.05) is 0 Å². The van der Waals surface area contributed by atoms with Crippen LogP contribution >= 0.6 is 24.8 Å². The second-order valence-corrected chi connectivity index (χ2v) is 0.990. The zero-order chi connectivity index (χ0) is 9.00. The van der Waals surface area contributed by atoms with E-state index in [0.29, 0.717) is 0 Å². The molecule has 0 fully saturated rings. The van der Waals surface area contributed by atoms with Crippen LogP contribution in [0.25, 0.3) is 0 Å². The Morgan fingerprint density at radius 2 is 0.462 bits per heavy atom. The van der Waals surface area contributed by atoms with E-state index in [-0.39, 0.29) is 43.7 Å². The minimum atomic E-state index is -6.00. The van der Waals surface area contributed by atoms with Gasteiger partial charge in [-0.05, 0) is 0 Å². The Bertz CT molecular complexity index is 63.1. The molecule has 0 aromatic heterocycles. The molecule has 0 bridgehead atoms. The van der Waals surface area contributed by atoms with Gasteiger partial charge in [0.1, 0.15) is 0 Å². The van der Waals surface area contributed by atoms with Crippen LogP contribution in [0.15, 0.2) is 0 Å². The molecule has 0 amide bonds. The number of hydrogen-bond donors (Lipinski definition) is 0. The van der Waals surface area contributed by atoms with Gasteiger partial charge in [0.15, 0.2) is 0 Å². The van der Waals surface area contributed by atoms with Crippen LogP contribution in [0.3, 0.4) is 0 Å². The third-order valence-electron chi connectivity index (χ3n) is 0. The average molecular weight is 254 g/mol. The molecule has 0 N–H and O–H groups in total. The summed E-state index contributed by atoms with van der Waals surface area (Å²) >= 11 is 0. The first-order valence-electron chi connectivity index (χ1n) is 1.75. The second kappa shape index (κ2) is 10.8. The van der Waals surface area contributed by atoms with Crippen molar-refractivity contribution in [2.24, 2.45) is 0 Å². The first kappa shape index (κ1) is 29.2. The molecule has 0 heterocycles. The molecule has 0 saturated heterocycles. The van der Waals surface area contributed by atoms with E-state index < -0.39 is 14.5 Å². The molecule has 0 rings (SSSR count). The zero-order valence-electron chi connectivity index (χ0n) is 4.99. The van der Waals surface area contributed by atoms with Gasteiger partial charge in [-0.25, -0.2) is 0 Å². The van der Waals surface area contributed by atoms with E-state index in [2.05, 4.69) is 0 Å². The van der Waals surface area contributed by atoms with Crippen molar-refractivity contribution >= 4 is 58.2 Å². The zero-order valence-corrected chi connectivity index (χ0v) is 6.63. The molecule has 0 nitrogen and oxygen atoms in total. The van der Waals surface area contributed by atoms with E-state index in [1.165, 1.54) is 0 Å². The topological polar surface area (TPSA) is 0 Å². The van der Waals surface area contributed by atoms with Gasteiger partial charge in [-0.15, -0.1) is 24.8 Å². The van der Waals surface area contributed by atoms with Gasteiger partial charge in [-0.2, -0.15) is 0 Å². The Kier molecular flexibility index (Phi) is 24.3. The fraction of sp³-hybridized carbons (Fsp3) is 0. The van der Waals surface area contributed by atoms with Crippen molar-refractivity contribution in [2.75, 3.05) is 0 Å². The molecule has 0 radical (unpaired) electrons. The Balaban J connectivity index is -0.0000000267. The molecule has 0 saturated carbocycles. The monoisotopic (exact) mass is 254 g/mol. The van der Waals surface area contributed by atoms with Crippen LogP contribution in [0, 0.1) is 0 Å². The Labute approximate surface area is 93.0 Å². The molecule has 0 aromatic carbocycles. The molecule has 13 heteroatoms. The molecule has 0 aliphatic heterocycles. The SMILES string of the molecule is Cl.Cl.F[B-](F)(F)F.F[B-](F)(F)F.[LiH]. The third-order valence-corrected chi connectivity index (χ3v) is 0. The van der Waals surface area contributed by atoms with Crippen LogP contribution in [-0.2, 0) is 0 Å². The summed E-state index contributed by atoms with van der Waals surface area (Å²) < 4.78 is 78.0. The summed E-state index contributed by atoms with van der Waals surface area (Å²) in [5.74, 6) is 0. The van der Waals surface area contributed by atoms with Gasteiger partial charge in [0.25, 0.3) is 0 Å². The van der Waals surface area contributed by atoms with Gasteiger partial charge in [-0.1, -0.05) is 0 Å². The number of hydrogen-bond acceptors (Lipinski definition) is 0. The van der Waals surface area contributed by atoms with E-state index >= 15 is 0 Å². The van der Waals surface area contributed by atoms with Crippen LogP contribution in [0.2, 0.25) is 0 Å². The van der Waals surface area contributed by atoms with Gasteiger partial charge in [-0.3, -0.25) is 0 Å². The summed E-state index contributed by atoms with van der Waals surface area (Å²) in [7, 11) is -12.0. The third kappa shape index (κ3) is 2640. The van der Waals surface area contributed by atoms with Crippen molar-refractivity contribution in [3.05, 3.63) is 0 Å². The van der Waals surface area contributed by atoms with Gasteiger partial charge in [0.2, 0.25) is 0 Å². The van der Waals surface area contributed by atoms with Crippen LogP contribution in [0.5, 0.6) is 0 Å². The quantitative estimate of drug-likeness (QED) is 0.461. The molecule has 82 valence electrons. The van der Waals surface area contributed by atoms with E-state index in [1.807, 2.05) is 0 Å².